The van der Waals surface area contributed by atoms with E-state index >= 15 is 0 Å². The third-order valence-corrected chi connectivity index (χ3v) is 4.71. The zero-order valence-electron chi connectivity index (χ0n) is 13.7. The number of fused-ring (bicyclic) bond motifs is 1. The first kappa shape index (κ1) is 16.7. The second-order valence-electron chi connectivity index (χ2n) is 6.27. The summed E-state index contributed by atoms with van der Waals surface area (Å²) in [6.45, 7) is 1.90. The molecule has 0 bridgehead atoms. The third kappa shape index (κ3) is 3.85. The molecule has 1 aliphatic carbocycles. The Bertz CT molecular complexity index is 798. The van der Waals surface area contributed by atoms with Gasteiger partial charge in [-0.15, -0.1) is 0 Å². The molecule has 0 aromatic heterocycles. The van der Waals surface area contributed by atoms with Crippen molar-refractivity contribution in [2.75, 3.05) is 5.32 Å². The Morgan fingerprint density at radius 2 is 1.83 bits per heavy atom. The molecule has 4 heteroatoms. The summed E-state index contributed by atoms with van der Waals surface area (Å²) in [6.07, 6.45) is 3.69. The van der Waals surface area contributed by atoms with Crippen LogP contribution in [-0.4, -0.2) is 11.7 Å². The Morgan fingerprint density at radius 1 is 1.04 bits per heavy atom. The number of rotatable bonds is 5. The van der Waals surface area contributed by atoms with Crippen LogP contribution < -0.4 is 5.32 Å². The van der Waals surface area contributed by atoms with Gasteiger partial charge in [0.05, 0.1) is 0 Å². The molecule has 2 aromatic rings. The lowest BCUT2D eigenvalue weighted by molar-refractivity contribution is -0.116. The molecule has 0 radical (unpaired) electrons. The van der Waals surface area contributed by atoms with E-state index in [1.165, 1.54) is 11.1 Å². The molecule has 0 saturated heterocycles. The molecule has 1 N–H and O–H groups in total. The molecule has 2 aromatic carbocycles. The molecule has 0 aliphatic heterocycles. The van der Waals surface area contributed by atoms with Crippen LogP contribution in [0.5, 0.6) is 0 Å². The lowest BCUT2D eigenvalue weighted by Gasteiger charge is -2.09. The smallest absolute Gasteiger partial charge is 0.224 e. The molecule has 0 heterocycles. The van der Waals surface area contributed by atoms with Gasteiger partial charge in [-0.2, -0.15) is 0 Å². The van der Waals surface area contributed by atoms with Gasteiger partial charge in [0.1, 0.15) is 0 Å². The van der Waals surface area contributed by atoms with Gasteiger partial charge in [0.25, 0.3) is 0 Å². The van der Waals surface area contributed by atoms with Crippen LogP contribution in [0.3, 0.4) is 0 Å². The zero-order chi connectivity index (χ0) is 17.1. The van der Waals surface area contributed by atoms with Gasteiger partial charge in [0.2, 0.25) is 5.91 Å². The van der Waals surface area contributed by atoms with Gasteiger partial charge in [-0.25, -0.2) is 0 Å². The number of halogens is 1. The molecular formula is C20H20ClNO2. The second-order valence-corrected chi connectivity index (χ2v) is 6.70. The summed E-state index contributed by atoms with van der Waals surface area (Å²) < 4.78 is 0. The highest BCUT2D eigenvalue weighted by atomic mass is 35.5. The number of carbonyl (C=O) groups is 2. The van der Waals surface area contributed by atoms with E-state index < -0.39 is 0 Å². The molecule has 0 atom stereocenters. The number of Topliss-reactive ketones (excluding diaryl/α,β-unsaturated/α-hetero) is 1. The van der Waals surface area contributed by atoms with Gasteiger partial charge in [-0.1, -0.05) is 29.8 Å². The monoisotopic (exact) mass is 341 g/mol. The van der Waals surface area contributed by atoms with Gasteiger partial charge in [0, 0.05) is 29.1 Å². The number of hydrogen-bond acceptors (Lipinski definition) is 2. The molecular weight excluding hydrogens is 322 g/mol. The van der Waals surface area contributed by atoms with Crippen molar-refractivity contribution in [2.24, 2.45) is 0 Å². The van der Waals surface area contributed by atoms with Crippen LogP contribution in [0, 0.1) is 6.92 Å². The lowest BCUT2D eigenvalue weighted by atomic mass is 10.0. The van der Waals surface area contributed by atoms with E-state index in [0.717, 1.165) is 24.8 Å². The maximum Gasteiger partial charge on any atom is 0.224 e. The highest BCUT2D eigenvalue weighted by molar-refractivity contribution is 6.31. The standard InChI is InChI=1S/C20H20ClNO2/c1-13-5-8-17(21)12-18(13)22-20(24)10-9-19(23)16-7-6-14-3-2-4-15(14)11-16/h5-8,11-12H,2-4,9-10H2,1H3,(H,22,24). The van der Waals surface area contributed by atoms with Crippen LogP contribution in [0.25, 0.3) is 0 Å². The summed E-state index contributed by atoms with van der Waals surface area (Å²) in [7, 11) is 0. The van der Waals surface area contributed by atoms with Crippen LogP contribution in [-0.2, 0) is 17.6 Å². The summed E-state index contributed by atoms with van der Waals surface area (Å²) in [5.74, 6) is -0.155. The lowest BCUT2D eigenvalue weighted by Crippen LogP contribution is -2.14. The SMILES string of the molecule is Cc1ccc(Cl)cc1NC(=O)CCC(=O)c1ccc2c(c1)CCC2. The van der Waals surface area contributed by atoms with Crippen molar-refractivity contribution in [1.29, 1.82) is 0 Å². The summed E-state index contributed by atoms with van der Waals surface area (Å²) in [4.78, 5) is 24.4. The number of carbonyl (C=O) groups excluding carboxylic acids is 2. The van der Waals surface area contributed by atoms with E-state index in [1.807, 2.05) is 31.2 Å². The summed E-state index contributed by atoms with van der Waals surface area (Å²) in [5.41, 5.74) is 4.97. The van der Waals surface area contributed by atoms with Gasteiger partial charge >= 0.3 is 0 Å². The van der Waals surface area contributed by atoms with Crippen LogP contribution in [0.15, 0.2) is 36.4 Å². The maximum atomic E-state index is 12.3. The summed E-state index contributed by atoms with van der Waals surface area (Å²) in [6, 6.07) is 11.3. The van der Waals surface area contributed by atoms with Crippen molar-refractivity contribution in [1.82, 2.24) is 0 Å². The number of ketones is 1. The first-order chi connectivity index (χ1) is 11.5. The van der Waals surface area contributed by atoms with Crippen LogP contribution >= 0.6 is 11.6 Å². The van der Waals surface area contributed by atoms with E-state index in [4.69, 9.17) is 11.6 Å². The highest BCUT2D eigenvalue weighted by Gasteiger charge is 2.15. The van der Waals surface area contributed by atoms with Crippen molar-refractivity contribution in [2.45, 2.75) is 39.0 Å². The van der Waals surface area contributed by atoms with Crippen LogP contribution in [0.1, 0.15) is 46.3 Å². The molecule has 1 aliphatic rings. The molecule has 0 fully saturated rings. The summed E-state index contributed by atoms with van der Waals surface area (Å²) in [5, 5.41) is 3.40. The minimum absolute atomic E-state index is 0.0164. The maximum absolute atomic E-state index is 12.3. The Morgan fingerprint density at radius 3 is 2.67 bits per heavy atom. The molecule has 1 amide bonds. The van der Waals surface area contributed by atoms with Crippen molar-refractivity contribution in [3.63, 3.8) is 0 Å². The fourth-order valence-corrected chi connectivity index (χ4v) is 3.23. The summed E-state index contributed by atoms with van der Waals surface area (Å²) >= 11 is 5.95. The number of benzene rings is 2. The molecule has 3 rings (SSSR count). The Labute approximate surface area is 147 Å². The second kappa shape index (κ2) is 7.18. The topological polar surface area (TPSA) is 46.2 Å². The minimum atomic E-state index is -0.171. The van der Waals surface area contributed by atoms with Crippen LogP contribution in [0.2, 0.25) is 5.02 Å². The molecule has 0 saturated carbocycles. The Kier molecular flexibility index (Phi) is 5.00. The normalized spacial score (nSPS) is 12.8. The van der Waals surface area contributed by atoms with Gasteiger partial charge in [0.15, 0.2) is 5.78 Å². The molecule has 0 spiro atoms. The van der Waals surface area contributed by atoms with Crippen molar-refractivity contribution in [3.05, 3.63) is 63.7 Å². The fraction of sp³-hybridized carbons (Fsp3) is 0.300. The number of aryl methyl sites for hydroxylation is 3. The first-order valence-corrected chi connectivity index (χ1v) is 8.62. The van der Waals surface area contributed by atoms with E-state index in [-0.39, 0.29) is 24.5 Å². The Hall–Kier alpha value is -2.13. The minimum Gasteiger partial charge on any atom is -0.326 e. The number of amides is 1. The molecule has 3 nitrogen and oxygen atoms in total. The third-order valence-electron chi connectivity index (χ3n) is 4.47. The highest BCUT2D eigenvalue weighted by Crippen LogP contribution is 2.24. The average molecular weight is 342 g/mol. The number of nitrogens with one attached hydrogen (secondary N) is 1. The molecule has 124 valence electrons. The number of hydrogen-bond donors (Lipinski definition) is 1. The zero-order valence-corrected chi connectivity index (χ0v) is 14.5. The largest absolute Gasteiger partial charge is 0.326 e. The van der Waals surface area contributed by atoms with Gasteiger partial charge in [-0.3, -0.25) is 9.59 Å². The predicted molar refractivity (Wildman–Crippen MR) is 96.9 cm³/mol. The van der Waals surface area contributed by atoms with Crippen molar-refractivity contribution in [3.8, 4) is 0 Å². The van der Waals surface area contributed by atoms with Gasteiger partial charge in [-0.05, 0) is 61.1 Å². The van der Waals surface area contributed by atoms with Crippen molar-refractivity contribution < 1.29 is 9.59 Å². The molecule has 24 heavy (non-hydrogen) atoms. The molecule has 0 unspecified atom stereocenters. The van der Waals surface area contributed by atoms with E-state index in [2.05, 4.69) is 5.32 Å². The first-order valence-electron chi connectivity index (χ1n) is 8.24. The Balaban J connectivity index is 1.58. The predicted octanol–water partition coefficient (Wildman–Crippen LogP) is 4.74. The van der Waals surface area contributed by atoms with E-state index in [1.54, 1.807) is 12.1 Å². The fourth-order valence-electron chi connectivity index (χ4n) is 3.06. The van der Waals surface area contributed by atoms with Crippen LogP contribution in [0.4, 0.5) is 5.69 Å². The van der Waals surface area contributed by atoms with Crippen molar-refractivity contribution >= 4 is 29.0 Å². The quantitative estimate of drug-likeness (QED) is 0.798. The average Bonchev–Trinajstić information content (AvgIpc) is 3.03. The van der Waals surface area contributed by atoms with Gasteiger partial charge < -0.3 is 5.32 Å². The van der Waals surface area contributed by atoms with E-state index in [0.29, 0.717) is 16.3 Å². The number of anilines is 1. The van der Waals surface area contributed by atoms with E-state index in [9.17, 15) is 9.59 Å².